The van der Waals surface area contributed by atoms with Gasteiger partial charge in [0.1, 0.15) is 0 Å². The first-order valence-corrected chi connectivity index (χ1v) is 4.48. The fourth-order valence-electron chi connectivity index (χ4n) is 1.08. The Morgan fingerprint density at radius 2 is 1.86 bits per heavy atom. The van der Waals surface area contributed by atoms with Crippen molar-refractivity contribution in [2.75, 3.05) is 11.9 Å². The molecule has 0 bridgehead atoms. The third-order valence-electron chi connectivity index (χ3n) is 1.61. The SMILES string of the molecule is O=C1OCON1c1cc(Cl)cc(Cl)c1. The van der Waals surface area contributed by atoms with Gasteiger partial charge in [-0.05, 0) is 18.2 Å². The van der Waals surface area contributed by atoms with Crippen molar-refractivity contribution in [1.29, 1.82) is 0 Å². The summed E-state index contributed by atoms with van der Waals surface area (Å²) in [4.78, 5) is 16.0. The molecule has 1 saturated heterocycles. The van der Waals surface area contributed by atoms with Crippen LogP contribution in [0.1, 0.15) is 0 Å². The van der Waals surface area contributed by atoms with Crippen LogP contribution in [0, 0.1) is 0 Å². The molecule has 0 spiro atoms. The number of carbonyl (C=O) groups is 1. The van der Waals surface area contributed by atoms with Crippen LogP contribution in [0.2, 0.25) is 10.0 Å². The highest BCUT2D eigenvalue weighted by Crippen LogP contribution is 2.27. The molecule has 6 heteroatoms. The van der Waals surface area contributed by atoms with Gasteiger partial charge in [-0.3, -0.25) is 0 Å². The molecule has 74 valence electrons. The Labute approximate surface area is 89.9 Å². The minimum absolute atomic E-state index is 0.0943. The standard InChI is InChI=1S/C8H5Cl2NO3/c9-5-1-6(10)3-7(2-5)11-8(12)13-4-14-11/h1-3H,4H2. The maximum absolute atomic E-state index is 11.1. The largest absolute Gasteiger partial charge is 0.441 e. The number of hydroxylamine groups is 1. The summed E-state index contributed by atoms with van der Waals surface area (Å²) in [7, 11) is 0. The van der Waals surface area contributed by atoms with Crippen LogP contribution >= 0.6 is 23.2 Å². The second kappa shape index (κ2) is 3.65. The molecule has 2 rings (SSSR count). The van der Waals surface area contributed by atoms with Crippen molar-refractivity contribution in [2.24, 2.45) is 0 Å². The van der Waals surface area contributed by atoms with Gasteiger partial charge >= 0.3 is 6.09 Å². The lowest BCUT2D eigenvalue weighted by molar-refractivity contribution is 0.0704. The topological polar surface area (TPSA) is 38.8 Å². The van der Waals surface area contributed by atoms with Crippen molar-refractivity contribution >= 4 is 35.0 Å². The first kappa shape index (κ1) is 9.58. The molecule has 1 aliphatic rings. The summed E-state index contributed by atoms with van der Waals surface area (Å²) in [5.41, 5.74) is 0.449. The van der Waals surface area contributed by atoms with E-state index in [2.05, 4.69) is 4.74 Å². The molecule has 14 heavy (non-hydrogen) atoms. The minimum Gasteiger partial charge on any atom is -0.418 e. The Kier molecular flexibility index (Phi) is 2.50. The van der Waals surface area contributed by atoms with Gasteiger partial charge in [0.2, 0.25) is 6.79 Å². The molecule has 1 heterocycles. The Balaban J connectivity index is 2.35. The van der Waals surface area contributed by atoms with Crippen LogP contribution in [0.3, 0.4) is 0 Å². The maximum atomic E-state index is 11.1. The monoisotopic (exact) mass is 233 g/mol. The van der Waals surface area contributed by atoms with Crippen molar-refractivity contribution in [1.82, 2.24) is 0 Å². The summed E-state index contributed by atoms with van der Waals surface area (Å²) >= 11 is 11.5. The van der Waals surface area contributed by atoms with E-state index in [0.717, 1.165) is 5.06 Å². The summed E-state index contributed by atoms with van der Waals surface area (Å²) in [6.07, 6.45) is -0.580. The molecule has 0 aliphatic carbocycles. The van der Waals surface area contributed by atoms with Crippen molar-refractivity contribution in [3.8, 4) is 0 Å². The molecule has 0 unspecified atom stereocenters. The van der Waals surface area contributed by atoms with Gasteiger partial charge in [0.25, 0.3) is 0 Å². The third-order valence-corrected chi connectivity index (χ3v) is 2.05. The lowest BCUT2D eigenvalue weighted by Gasteiger charge is -2.10. The lowest BCUT2D eigenvalue weighted by Crippen LogP contribution is -2.21. The number of amides is 1. The van der Waals surface area contributed by atoms with E-state index in [1.807, 2.05) is 0 Å². The number of cyclic esters (lactones) is 1. The van der Waals surface area contributed by atoms with E-state index in [-0.39, 0.29) is 6.79 Å². The maximum Gasteiger partial charge on any atom is 0.441 e. The quantitative estimate of drug-likeness (QED) is 0.749. The number of hydrogen-bond acceptors (Lipinski definition) is 3. The van der Waals surface area contributed by atoms with Gasteiger partial charge in [-0.2, -0.15) is 0 Å². The molecule has 1 aromatic rings. The van der Waals surface area contributed by atoms with E-state index >= 15 is 0 Å². The first-order valence-electron chi connectivity index (χ1n) is 3.73. The highest BCUT2D eigenvalue weighted by atomic mass is 35.5. The van der Waals surface area contributed by atoms with E-state index in [0.29, 0.717) is 15.7 Å². The van der Waals surface area contributed by atoms with E-state index < -0.39 is 6.09 Å². The van der Waals surface area contributed by atoms with Crippen molar-refractivity contribution in [3.63, 3.8) is 0 Å². The molecule has 0 radical (unpaired) electrons. The summed E-state index contributed by atoms with van der Waals surface area (Å²) in [5, 5.41) is 1.85. The van der Waals surface area contributed by atoms with E-state index in [4.69, 9.17) is 28.0 Å². The number of nitrogens with zero attached hydrogens (tertiary/aromatic N) is 1. The first-order chi connectivity index (χ1) is 6.66. The second-order valence-electron chi connectivity index (χ2n) is 2.58. The van der Waals surface area contributed by atoms with Crippen LogP contribution in [0.15, 0.2) is 18.2 Å². The molecule has 1 fully saturated rings. The molecule has 1 amide bonds. The Morgan fingerprint density at radius 3 is 2.36 bits per heavy atom. The predicted octanol–water partition coefficient (Wildman–Crippen LogP) is 2.84. The average Bonchev–Trinajstić information content (AvgIpc) is 2.49. The smallest absolute Gasteiger partial charge is 0.418 e. The zero-order valence-corrected chi connectivity index (χ0v) is 8.38. The van der Waals surface area contributed by atoms with Gasteiger partial charge in [0.05, 0.1) is 5.69 Å². The van der Waals surface area contributed by atoms with Crippen LogP contribution < -0.4 is 5.06 Å². The van der Waals surface area contributed by atoms with Crippen molar-refractivity contribution < 1.29 is 14.4 Å². The Hall–Kier alpha value is -0.970. The molecule has 0 N–H and O–H groups in total. The molecule has 0 saturated carbocycles. The van der Waals surface area contributed by atoms with Gasteiger partial charge in [-0.25, -0.2) is 9.63 Å². The van der Waals surface area contributed by atoms with E-state index in [9.17, 15) is 4.79 Å². The number of benzene rings is 1. The lowest BCUT2D eigenvalue weighted by atomic mass is 10.3. The minimum atomic E-state index is -0.580. The number of anilines is 1. The molecule has 4 nitrogen and oxygen atoms in total. The van der Waals surface area contributed by atoms with Gasteiger partial charge < -0.3 is 4.74 Å². The highest BCUT2D eigenvalue weighted by molar-refractivity contribution is 6.35. The number of ether oxygens (including phenoxy) is 1. The number of carbonyl (C=O) groups excluding carboxylic acids is 1. The molecular formula is C8H5Cl2NO3. The molecule has 1 aliphatic heterocycles. The van der Waals surface area contributed by atoms with Gasteiger partial charge in [0.15, 0.2) is 0 Å². The van der Waals surface area contributed by atoms with Crippen LogP contribution in [-0.2, 0) is 9.57 Å². The fraction of sp³-hybridized carbons (Fsp3) is 0.125. The van der Waals surface area contributed by atoms with Gasteiger partial charge in [0, 0.05) is 10.0 Å². The van der Waals surface area contributed by atoms with Gasteiger partial charge in [-0.15, -0.1) is 5.06 Å². The number of rotatable bonds is 1. The zero-order chi connectivity index (χ0) is 10.1. The molecule has 1 aromatic carbocycles. The van der Waals surface area contributed by atoms with Crippen LogP contribution in [0.25, 0.3) is 0 Å². The van der Waals surface area contributed by atoms with Crippen LogP contribution in [0.4, 0.5) is 10.5 Å². The summed E-state index contributed by atoms with van der Waals surface area (Å²) in [6.45, 7) is -0.0943. The number of halogens is 2. The Morgan fingerprint density at radius 1 is 1.21 bits per heavy atom. The van der Waals surface area contributed by atoms with Crippen molar-refractivity contribution in [3.05, 3.63) is 28.2 Å². The summed E-state index contributed by atoms with van der Waals surface area (Å²) in [5.74, 6) is 0. The van der Waals surface area contributed by atoms with Crippen molar-refractivity contribution in [2.45, 2.75) is 0 Å². The second-order valence-corrected chi connectivity index (χ2v) is 3.45. The van der Waals surface area contributed by atoms with Gasteiger partial charge in [-0.1, -0.05) is 23.2 Å². The van der Waals surface area contributed by atoms with Crippen LogP contribution in [0.5, 0.6) is 0 Å². The normalized spacial score (nSPS) is 15.9. The fourth-order valence-corrected chi connectivity index (χ4v) is 1.59. The summed E-state index contributed by atoms with van der Waals surface area (Å²) < 4.78 is 4.58. The highest BCUT2D eigenvalue weighted by Gasteiger charge is 2.25. The van der Waals surface area contributed by atoms with Crippen LogP contribution in [-0.4, -0.2) is 12.9 Å². The molecule has 0 atom stereocenters. The zero-order valence-electron chi connectivity index (χ0n) is 6.87. The van der Waals surface area contributed by atoms with E-state index in [1.165, 1.54) is 0 Å². The Bertz CT molecular complexity index is 363. The molecular weight excluding hydrogens is 229 g/mol. The number of hydrogen-bond donors (Lipinski definition) is 0. The summed E-state index contributed by atoms with van der Waals surface area (Å²) in [6, 6.07) is 4.67. The predicted molar refractivity (Wildman–Crippen MR) is 51.4 cm³/mol. The van der Waals surface area contributed by atoms with E-state index in [1.54, 1.807) is 18.2 Å². The molecule has 0 aromatic heterocycles. The average molecular weight is 234 g/mol. The third kappa shape index (κ3) is 1.77.